The maximum Gasteiger partial charge on any atom is 0.234 e. The van der Waals surface area contributed by atoms with E-state index in [1.807, 2.05) is 34.6 Å². The summed E-state index contributed by atoms with van der Waals surface area (Å²) in [4.78, 5) is 11.6. The normalized spacial score (nSPS) is 12.6. The maximum atomic E-state index is 11.6. The van der Waals surface area contributed by atoms with Gasteiger partial charge in [-0.2, -0.15) is 0 Å². The van der Waals surface area contributed by atoms with Crippen LogP contribution in [0.5, 0.6) is 0 Å². The van der Waals surface area contributed by atoms with Crippen LogP contribution >= 0.6 is 0 Å². The van der Waals surface area contributed by atoms with Crippen molar-refractivity contribution in [1.82, 2.24) is 10.6 Å². The Kier molecular flexibility index (Phi) is 6.72. The molecule has 0 saturated heterocycles. The monoisotopic (exact) mass is 244 g/mol. The third-order valence-corrected chi connectivity index (χ3v) is 3.42. The van der Waals surface area contributed by atoms with Crippen molar-refractivity contribution in [3.05, 3.63) is 0 Å². The topological polar surface area (TPSA) is 61.4 Å². The first kappa shape index (κ1) is 16.4. The first-order chi connectivity index (χ1) is 7.78. The van der Waals surface area contributed by atoms with Gasteiger partial charge >= 0.3 is 0 Å². The molecular formula is C13H28N2O2. The molecule has 0 aliphatic carbocycles. The fourth-order valence-corrected chi connectivity index (χ4v) is 1.42. The lowest BCUT2D eigenvalue weighted by Gasteiger charge is -2.27. The third kappa shape index (κ3) is 6.64. The minimum absolute atomic E-state index is 0.0218. The van der Waals surface area contributed by atoms with E-state index in [0.29, 0.717) is 19.4 Å². The molecule has 0 aromatic heterocycles. The summed E-state index contributed by atoms with van der Waals surface area (Å²) in [6.45, 7) is 10.7. The number of carbonyl (C=O) groups excluding carboxylic acids is 1. The predicted octanol–water partition coefficient (Wildman–Crippen LogP) is 1.43. The van der Waals surface area contributed by atoms with Gasteiger partial charge in [-0.1, -0.05) is 20.8 Å². The first-order valence-electron chi connectivity index (χ1n) is 6.52. The van der Waals surface area contributed by atoms with Crippen LogP contribution in [-0.4, -0.2) is 35.2 Å². The molecule has 0 heterocycles. The number of aliphatic hydroxyl groups is 1. The maximum absolute atomic E-state index is 11.6. The van der Waals surface area contributed by atoms with Gasteiger partial charge in [-0.3, -0.25) is 4.79 Å². The molecule has 0 bridgehead atoms. The molecule has 0 spiro atoms. The van der Waals surface area contributed by atoms with Gasteiger partial charge in [0.25, 0.3) is 0 Å². The molecule has 0 unspecified atom stereocenters. The van der Waals surface area contributed by atoms with Crippen molar-refractivity contribution < 1.29 is 9.90 Å². The second-order valence-electron chi connectivity index (χ2n) is 5.32. The van der Waals surface area contributed by atoms with Crippen molar-refractivity contribution in [3.8, 4) is 0 Å². The van der Waals surface area contributed by atoms with Crippen molar-refractivity contribution in [2.24, 2.45) is 0 Å². The Morgan fingerprint density at radius 3 is 2.06 bits per heavy atom. The van der Waals surface area contributed by atoms with Gasteiger partial charge < -0.3 is 15.7 Å². The Morgan fingerprint density at radius 1 is 1.12 bits per heavy atom. The number of amides is 1. The second-order valence-corrected chi connectivity index (χ2v) is 5.32. The van der Waals surface area contributed by atoms with E-state index in [0.717, 1.165) is 6.42 Å². The number of hydrogen-bond acceptors (Lipinski definition) is 3. The van der Waals surface area contributed by atoms with E-state index in [9.17, 15) is 9.90 Å². The summed E-state index contributed by atoms with van der Waals surface area (Å²) < 4.78 is 0. The average Bonchev–Trinajstić information content (AvgIpc) is 2.28. The minimum atomic E-state index is -0.694. The van der Waals surface area contributed by atoms with E-state index < -0.39 is 5.60 Å². The molecular weight excluding hydrogens is 216 g/mol. The van der Waals surface area contributed by atoms with E-state index in [1.54, 1.807) is 0 Å². The van der Waals surface area contributed by atoms with Crippen LogP contribution in [0.25, 0.3) is 0 Å². The summed E-state index contributed by atoms with van der Waals surface area (Å²) in [5.41, 5.74) is -0.856. The van der Waals surface area contributed by atoms with Crippen molar-refractivity contribution in [1.29, 1.82) is 0 Å². The third-order valence-electron chi connectivity index (χ3n) is 3.42. The summed E-state index contributed by atoms with van der Waals surface area (Å²) >= 11 is 0. The van der Waals surface area contributed by atoms with Gasteiger partial charge in [0.05, 0.1) is 12.1 Å². The van der Waals surface area contributed by atoms with E-state index in [2.05, 4.69) is 10.6 Å². The van der Waals surface area contributed by atoms with Crippen molar-refractivity contribution in [2.75, 3.05) is 13.1 Å². The SMILES string of the molecule is CCC(O)(CC)CNCC(=O)NC(C)(C)CC. The average molecular weight is 244 g/mol. The molecule has 17 heavy (non-hydrogen) atoms. The molecule has 102 valence electrons. The molecule has 1 amide bonds. The van der Waals surface area contributed by atoms with E-state index in [1.165, 1.54) is 0 Å². The Hall–Kier alpha value is -0.610. The zero-order valence-corrected chi connectivity index (χ0v) is 11.9. The highest BCUT2D eigenvalue weighted by Gasteiger charge is 2.22. The van der Waals surface area contributed by atoms with E-state index in [-0.39, 0.29) is 18.0 Å². The van der Waals surface area contributed by atoms with E-state index in [4.69, 9.17) is 0 Å². The summed E-state index contributed by atoms with van der Waals surface area (Å²) in [6, 6.07) is 0. The van der Waals surface area contributed by atoms with Gasteiger partial charge in [0.2, 0.25) is 5.91 Å². The zero-order chi connectivity index (χ0) is 13.5. The molecule has 0 aliphatic heterocycles. The minimum Gasteiger partial charge on any atom is -0.389 e. The lowest BCUT2D eigenvalue weighted by molar-refractivity contribution is -0.122. The van der Waals surface area contributed by atoms with Crippen molar-refractivity contribution in [3.63, 3.8) is 0 Å². The van der Waals surface area contributed by atoms with Crippen LogP contribution in [-0.2, 0) is 4.79 Å². The van der Waals surface area contributed by atoms with Crippen LogP contribution in [0.4, 0.5) is 0 Å². The lowest BCUT2D eigenvalue weighted by Crippen LogP contribution is -2.48. The van der Waals surface area contributed by atoms with Crippen molar-refractivity contribution >= 4 is 5.91 Å². The van der Waals surface area contributed by atoms with Gasteiger partial charge in [-0.05, 0) is 33.1 Å². The molecule has 0 radical (unpaired) electrons. The molecule has 0 rings (SSSR count). The molecule has 0 saturated carbocycles. The van der Waals surface area contributed by atoms with Gasteiger partial charge in [0.15, 0.2) is 0 Å². The molecule has 0 aromatic rings. The molecule has 4 nitrogen and oxygen atoms in total. The van der Waals surface area contributed by atoms with E-state index >= 15 is 0 Å². The summed E-state index contributed by atoms with van der Waals surface area (Å²) in [6.07, 6.45) is 2.28. The van der Waals surface area contributed by atoms with Crippen LogP contribution in [0.1, 0.15) is 53.9 Å². The first-order valence-corrected chi connectivity index (χ1v) is 6.52. The Bertz CT molecular complexity index is 236. The van der Waals surface area contributed by atoms with Crippen LogP contribution in [0.3, 0.4) is 0 Å². The highest BCUT2D eigenvalue weighted by molar-refractivity contribution is 5.78. The number of hydrogen-bond donors (Lipinski definition) is 3. The smallest absolute Gasteiger partial charge is 0.234 e. The van der Waals surface area contributed by atoms with Crippen LogP contribution in [0.2, 0.25) is 0 Å². The molecule has 0 aromatic carbocycles. The fraction of sp³-hybridized carbons (Fsp3) is 0.923. The Labute approximate surface area is 105 Å². The second kappa shape index (κ2) is 6.97. The predicted molar refractivity (Wildman–Crippen MR) is 70.9 cm³/mol. The summed E-state index contributed by atoms with van der Waals surface area (Å²) in [7, 11) is 0. The fourth-order valence-electron chi connectivity index (χ4n) is 1.42. The number of carbonyl (C=O) groups is 1. The largest absolute Gasteiger partial charge is 0.389 e. The quantitative estimate of drug-likeness (QED) is 0.605. The lowest BCUT2D eigenvalue weighted by atomic mass is 9.97. The number of rotatable bonds is 8. The summed E-state index contributed by atoms with van der Waals surface area (Å²) in [5.74, 6) is -0.0218. The Balaban J connectivity index is 3.94. The molecule has 4 heteroatoms. The van der Waals surface area contributed by atoms with Gasteiger partial charge in [-0.15, -0.1) is 0 Å². The molecule has 0 fully saturated rings. The van der Waals surface area contributed by atoms with Gasteiger partial charge in [-0.25, -0.2) is 0 Å². The van der Waals surface area contributed by atoms with Crippen LogP contribution < -0.4 is 10.6 Å². The van der Waals surface area contributed by atoms with Crippen LogP contribution in [0.15, 0.2) is 0 Å². The van der Waals surface area contributed by atoms with Gasteiger partial charge in [0.1, 0.15) is 0 Å². The standard InChI is InChI=1S/C13H28N2O2/c1-6-12(4,5)15-11(16)9-14-10-13(17,7-2)8-3/h14,17H,6-10H2,1-5H3,(H,15,16). The molecule has 3 N–H and O–H groups in total. The summed E-state index contributed by atoms with van der Waals surface area (Å²) in [5, 5.41) is 16.0. The highest BCUT2D eigenvalue weighted by Crippen LogP contribution is 2.12. The molecule has 0 atom stereocenters. The Morgan fingerprint density at radius 2 is 1.65 bits per heavy atom. The van der Waals surface area contributed by atoms with Gasteiger partial charge in [0, 0.05) is 12.1 Å². The van der Waals surface area contributed by atoms with Crippen LogP contribution in [0, 0.1) is 0 Å². The molecule has 0 aliphatic rings. The highest BCUT2D eigenvalue weighted by atomic mass is 16.3. The zero-order valence-electron chi connectivity index (χ0n) is 11.9. The number of nitrogens with one attached hydrogen (secondary N) is 2. The van der Waals surface area contributed by atoms with Crippen molar-refractivity contribution in [2.45, 2.75) is 65.0 Å².